The topological polar surface area (TPSA) is 23.5 Å². The van der Waals surface area contributed by atoms with E-state index >= 15 is 0 Å². The van der Waals surface area contributed by atoms with Gasteiger partial charge in [0.1, 0.15) is 0 Å². The molecule has 1 aromatic rings. The molecule has 0 amide bonds. The molecule has 2 rings (SSSR count). The second kappa shape index (κ2) is 5.19. The third-order valence-electron chi connectivity index (χ3n) is 4.02. The van der Waals surface area contributed by atoms with Crippen molar-refractivity contribution < 1.29 is 5.11 Å². The minimum atomic E-state index is -0.447. The van der Waals surface area contributed by atoms with Crippen molar-refractivity contribution >= 4 is 0 Å². The lowest BCUT2D eigenvalue weighted by Crippen LogP contribution is -2.40. The zero-order valence-electron chi connectivity index (χ0n) is 10.9. The average molecular weight is 233 g/mol. The molecule has 2 heteroatoms. The molecule has 0 aliphatic heterocycles. The molecule has 0 radical (unpaired) electrons. The zero-order valence-corrected chi connectivity index (χ0v) is 10.9. The predicted molar refractivity (Wildman–Crippen MR) is 70.9 cm³/mol. The molecule has 1 N–H and O–H groups in total. The molecule has 1 aromatic carbocycles. The largest absolute Gasteiger partial charge is 0.389 e. The van der Waals surface area contributed by atoms with E-state index in [1.165, 1.54) is 18.4 Å². The Labute approximate surface area is 104 Å². The van der Waals surface area contributed by atoms with Crippen molar-refractivity contribution in [3.8, 4) is 0 Å². The lowest BCUT2D eigenvalue weighted by molar-refractivity contribution is 0.00695. The highest BCUT2D eigenvalue weighted by molar-refractivity contribution is 5.18. The lowest BCUT2D eigenvalue weighted by atomic mass is 10.00. The summed E-state index contributed by atoms with van der Waals surface area (Å²) in [5, 5.41) is 10.4. The number of nitrogens with zero attached hydrogens (tertiary/aromatic N) is 1. The summed E-state index contributed by atoms with van der Waals surface area (Å²) in [4.78, 5) is 2.26. The normalized spacial score (nSPS) is 20.7. The Morgan fingerprint density at radius 1 is 1.24 bits per heavy atom. The van der Waals surface area contributed by atoms with Crippen molar-refractivity contribution in [2.75, 3.05) is 13.6 Å². The monoisotopic (exact) mass is 233 g/mol. The number of hydrogen-bond acceptors (Lipinski definition) is 2. The predicted octanol–water partition coefficient (Wildman–Crippen LogP) is 2.98. The minimum Gasteiger partial charge on any atom is -0.389 e. The number of aliphatic hydroxyl groups is 1. The quantitative estimate of drug-likeness (QED) is 0.864. The fourth-order valence-electron chi connectivity index (χ4n) is 2.78. The van der Waals surface area contributed by atoms with Gasteiger partial charge in [-0.15, -0.1) is 0 Å². The molecule has 17 heavy (non-hydrogen) atoms. The number of rotatable bonds is 4. The highest BCUT2D eigenvalue weighted by Gasteiger charge is 2.33. The second-order valence-corrected chi connectivity index (χ2v) is 5.43. The first-order valence-corrected chi connectivity index (χ1v) is 6.58. The molecule has 0 bridgehead atoms. The molecule has 1 fully saturated rings. The summed E-state index contributed by atoms with van der Waals surface area (Å²) in [6.07, 6.45) is 4.26. The Morgan fingerprint density at radius 3 is 2.41 bits per heavy atom. The second-order valence-electron chi connectivity index (χ2n) is 5.43. The highest BCUT2D eigenvalue weighted by Crippen LogP contribution is 2.31. The van der Waals surface area contributed by atoms with Gasteiger partial charge in [0, 0.05) is 12.6 Å². The molecule has 1 atom stereocenters. The van der Waals surface area contributed by atoms with Gasteiger partial charge in [-0.05, 0) is 32.4 Å². The number of benzene rings is 1. The minimum absolute atomic E-state index is 0.362. The first-order valence-electron chi connectivity index (χ1n) is 6.58. The van der Waals surface area contributed by atoms with Crippen molar-refractivity contribution in [1.82, 2.24) is 4.90 Å². The van der Waals surface area contributed by atoms with Crippen molar-refractivity contribution in [1.29, 1.82) is 0 Å². The van der Waals surface area contributed by atoms with E-state index in [0.717, 1.165) is 19.4 Å². The summed E-state index contributed by atoms with van der Waals surface area (Å²) in [6, 6.07) is 10.9. The van der Waals surface area contributed by atoms with Gasteiger partial charge in [0.25, 0.3) is 0 Å². The molecule has 1 aliphatic carbocycles. The molecule has 0 aromatic heterocycles. The summed E-state index contributed by atoms with van der Waals surface area (Å²) in [5.74, 6) is 0. The smallest absolute Gasteiger partial charge is 0.0774 e. The maximum absolute atomic E-state index is 10.4. The standard InChI is InChI=1S/C15H23NO/c1-13(14-8-4-3-5-9-14)16(2)12-15(17)10-6-7-11-15/h3-5,8-9,13,17H,6-7,10-12H2,1-2H3. The van der Waals surface area contributed by atoms with Crippen LogP contribution in [-0.2, 0) is 0 Å². The van der Waals surface area contributed by atoms with Gasteiger partial charge in [0.2, 0.25) is 0 Å². The van der Waals surface area contributed by atoms with E-state index < -0.39 is 5.60 Å². The van der Waals surface area contributed by atoms with Crippen LogP contribution in [0.4, 0.5) is 0 Å². The van der Waals surface area contributed by atoms with E-state index in [4.69, 9.17) is 0 Å². The van der Waals surface area contributed by atoms with Gasteiger partial charge >= 0.3 is 0 Å². The van der Waals surface area contributed by atoms with Gasteiger partial charge in [0.15, 0.2) is 0 Å². The first kappa shape index (κ1) is 12.6. The van der Waals surface area contributed by atoms with Crippen LogP contribution >= 0.6 is 0 Å². The van der Waals surface area contributed by atoms with E-state index in [2.05, 4.69) is 43.1 Å². The number of likely N-dealkylation sites (N-methyl/N-ethyl adjacent to an activating group) is 1. The first-order chi connectivity index (χ1) is 8.11. The van der Waals surface area contributed by atoms with E-state index in [0.29, 0.717) is 6.04 Å². The van der Waals surface area contributed by atoms with Crippen LogP contribution in [0.3, 0.4) is 0 Å². The molecule has 0 spiro atoms. The molecule has 1 unspecified atom stereocenters. The van der Waals surface area contributed by atoms with Gasteiger partial charge in [-0.1, -0.05) is 43.2 Å². The molecule has 2 nitrogen and oxygen atoms in total. The maximum atomic E-state index is 10.4. The van der Waals surface area contributed by atoms with Crippen molar-refractivity contribution in [2.45, 2.75) is 44.2 Å². The fourth-order valence-corrected chi connectivity index (χ4v) is 2.78. The molecular weight excluding hydrogens is 210 g/mol. The van der Waals surface area contributed by atoms with Gasteiger partial charge in [0.05, 0.1) is 5.60 Å². The van der Waals surface area contributed by atoms with Crippen LogP contribution in [0.15, 0.2) is 30.3 Å². The summed E-state index contributed by atoms with van der Waals surface area (Å²) in [7, 11) is 2.11. The highest BCUT2D eigenvalue weighted by atomic mass is 16.3. The van der Waals surface area contributed by atoms with Crippen molar-refractivity contribution in [3.05, 3.63) is 35.9 Å². The Kier molecular flexibility index (Phi) is 3.85. The molecule has 94 valence electrons. The number of hydrogen-bond donors (Lipinski definition) is 1. The van der Waals surface area contributed by atoms with Gasteiger partial charge in [-0.3, -0.25) is 4.90 Å². The summed E-state index contributed by atoms with van der Waals surface area (Å²) in [5.41, 5.74) is 0.870. The summed E-state index contributed by atoms with van der Waals surface area (Å²) < 4.78 is 0. The zero-order chi connectivity index (χ0) is 12.3. The third kappa shape index (κ3) is 3.08. The summed E-state index contributed by atoms with van der Waals surface area (Å²) >= 11 is 0. The molecule has 0 heterocycles. The summed E-state index contributed by atoms with van der Waals surface area (Å²) in [6.45, 7) is 2.98. The molecule has 0 saturated heterocycles. The third-order valence-corrected chi connectivity index (χ3v) is 4.02. The van der Waals surface area contributed by atoms with Crippen molar-refractivity contribution in [2.24, 2.45) is 0 Å². The SMILES string of the molecule is CC(c1ccccc1)N(C)CC1(O)CCCC1. The van der Waals surface area contributed by atoms with Crippen LogP contribution in [0, 0.1) is 0 Å². The fraction of sp³-hybridized carbons (Fsp3) is 0.600. The van der Waals surface area contributed by atoms with Crippen LogP contribution in [0.1, 0.15) is 44.2 Å². The van der Waals surface area contributed by atoms with E-state index in [-0.39, 0.29) is 0 Å². The van der Waals surface area contributed by atoms with E-state index in [9.17, 15) is 5.11 Å². The van der Waals surface area contributed by atoms with Gasteiger partial charge < -0.3 is 5.11 Å². The Balaban J connectivity index is 1.98. The van der Waals surface area contributed by atoms with Crippen LogP contribution in [-0.4, -0.2) is 29.2 Å². The lowest BCUT2D eigenvalue weighted by Gasteiger charge is -2.32. The van der Waals surface area contributed by atoms with Gasteiger partial charge in [-0.2, -0.15) is 0 Å². The molecule has 1 aliphatic rings. The van der Waals surface area contributed by atoms with Crippen LogP contribution in [0.2, 0.25) is 0 Å². The Morgan fingerprint density at radius 2 is 1.82 bits per heavy atom. The van der Waals surface area contributed by atoms with E-state index in [1.54, 1.807) is 0 Å². The van der Waals surface area contributed by atoms with Gasteiger partial charge in [-0.25, -0.2) is 0 Å². The van der Waals surface area contributed by atoms with Crippen LogP contribution in [0.5, 0.6) is 0 Å². The molecule has 1 saturated carbocycles. The van der Waals surface area contributed by atoms with Crippen LogP contribution in [0.25, 0.3) is 0 Å². The average Bonchev–Trinajstić information content (AvgIpc) is 2.76. The van der Waals surface area contributed by atoms with Crippen LogP contribution < -0.4 is 0 Å². The van der Waals surface area contributed by atoms with E-state index in [1.807, 2.05) is 6.07 Å². The Bertz CT molecular complexity index is 343. The molecular formula is C15H23NO. The van der Waals surface area contributed by atoms with Crippen molar-refractivity contribution in [3.63, 3.8) is 0 Å². The maximum Gasteiger partial charge on any atom is 0.0774 e. The Hall–Kier alpha value is -0.860.